The van der Waals surface area contributed by atoms with Gasteiger partial charge in [0.15, 0.2) is 11.6 Å². The van der Waals surface area contributed by atoms with Gasteiger partial charge in [-0.3, -0.25) is 29.5 Å². The van der Waals surface area contributed by atoms with E-state index < -0.39 is 0 Å². The van der Waals surface area contributed by atoms with E-state index in [1.165, 1.54) is 22.3 Å². The molecule has 0 unspecified atom stereocenters. The van der Waals surface area contributed by atoms with Crippen molar-refractivity contribution in [3.05, 3.63) is 262 Å². The monoisotopic (exact) mass is 752 g/mol. The zero-order valence-corrected chi connectivity index (χ0v) is 31.9. The van der Waals surface area contributed by atoms with E-state index >= 15 is 0 Å². The summed E-state index contributed by atoms with van der Waals surface area (Å²) in [7, 11) is 0. The second kappa shape index (κ2) is 15.8. The molecule has 4 aromatic carbocycles. The number of ketones is 2. The number of benzene rings is 4. The molecule has 0 radical (unpaired) electrons. The van der Waals surface area contributed by atoms with Crippen LogP contribution < -0.4 is 0 Å². The molecule has 4 aromatic heterocycles. The lowest BCUT2D eigenvalue weighted by molar-refractivity contribution is 0.102. The van der Waals surface area contributed by atoms with Crippen LogP contribution in [0.1, 0.15) is 76.4 Å². The Morgan fingerprint density at radius 1 is 0.293 bits per heavy atom. The van der Waals surface area contributed by atoms with Gasteiger partial charge in [0.05, 0.1) is 0 Å². The van der Waals surface area contributed by atoms with Crippen LogP contribution in [0, 0.1) is 0 Å². The second-order valence-electron chi connectivity index (χ2n) is 15.1. The molecule has 0 spiro atoms. The van der Waals surface area contributed by atoms with E-state index in [1.807, 2.05) is 122 Å². The van der Waals surface area contributed by atoms with Gasteiger partial charge in [0.25, 0.3) is 0 Å². The molecule has 0 saturated heterocycles. The van der Waals surface area contributed by atoms with Crippen molar-refractivity contribution >= 4 is 11.6 Å². The quantitative estimate of drug-likeness (QED) is 0.154. The zero-order valence-electron chi connectivity index (χ0n) is 31.9. The van der Waals surface area contributed by atoms with Gasteiger partial charge in [-0.15, -0.1) is 0 Å². The van der Waals surface area contributed by atoms with E-state index in [4.69, 9.17) is 0 Å². The SMILES string of the molecule is O=C1c2ccccc2C(Cc2ccncc2)(Cc2ccncc2)c2ccccc21.O=C1c2ccccc2C(Cc2ccncc2)(Cc2ccncc2)c2ccccc21. The zero-order chi connectivity index (χ0) is 39.4. The number of carbonyl (C=O) groups is 2. The molecule has 0 atom stereocenters. The smallest absolute Gasteiger partial charge is 0.193 e. The lowest BCUT2D eigenvalue weighted by Crippen LogP contribution is -2.39. The van der Waals surface area contributed by atoms with E-state index in [-0.39, 0.29) is 22.4 Å². The van der Waals surface area contributed by atoms with Crippen LogP contribution >= 0.6 is 0 Å². The van der Waals surface area contributed by atoms with Crippen molar-refractivity contribution in [2.45, 2.75) is 36.5 Å². The predicted molar refractivity (Wildman–Crippen MR) is 226 cm³/mol. The fourth-order valence-electron chi connectivity index (χ4n) is 9.26. The fourth-order valence-corrected chi connectivity index (χ4v) is 9.26. The molecule has 280 valence electrons. The van der Waals surface area contributed by atoms with Gasteiger partial charge in [-0.2, -0.15) is 0 Å². The molecule has 6 nitrogen and oxygen atoms in total. The van der Waals surface area contributed by atoms with Crippen LogP contribution in [0.25, 0.3) is 0 Å². The molecule has 2 aliphatic carbocycles. The van der Waals surface area contributed by atoms with Crippen LogP contribution in [0.2, 0.25) is 0 Å². The minimum Gasteiger partial charge on any atom is -0.289 e. The number of aromatic nitrogens is 4. The molecule has 0 saturated carbocycles. The highest BCUT2D eigenvalue weighted by Gasteiger charge is 2.45. The summed E-state index contributed by atoms with van der Waals surface area (Å²) in [6.45, 7) is 0. The Balaban J connectivity index is 0.000000150. The Kier molecular flexibility index (Phi) is 9.90. The van der Waals surface area contributed by atoms with Crippen LogP contribution in [0.5, 0.6) is 0 Å². The minimum absolute atomic E-state index is 0.108. The normalized spacial score (nSPS) is 14.1. The summed E-state index contributed by atoms with van der Waals surface area (Å²) in [6.07, 6.45) is 17.8. The van der Waals surface area contributed by atoms with Gasteiger partial charge in [-0.1, -0.05) is 97.1 Å². The molecule has 2 aliphatic rings. The second-order valence-corrected chi connectivity index (χ2v) is 15.1. The molecule has 58 heavy (non-hydrogen) atoms. The van der Waals surface area contributed by atoms with Crippen LogP contribution in [-0.2, 0) is 36.5 Å². The third kappa shape index (κ3) is 6.73. The molecule has 0 aliphatic heterocycles. The Bertz CT molecular complexity index is 2340. The lowest BCUT2D eigenvalue weighted by Gasteiger charge is -2.41. The first-order valence-electron chi connectivity index (χ1n) is 19.6. The van der Waals surface area contributed by atoms with E-state index in [9.17, 15) is 9.59 Å². The number of hydrogen-bond donors (Lipinski definition) is 0. The van der Waals surface area contributed by atoms with E-state index in [0.29, 0.717) is 0 Å². The third-order valence-electron chi connectivity index (χ3n) is 11.8. The summed E-state index contributed by atoms with van der Waals surface area (Å²) in [5.74, 6) is 0.215. The summed E-state index contributed by atoms with van der Waals surface area (Å²) in [5, 5.41) is 0. The third-order valence-corrected chi connectivity index (χ3v) is 11.8. The first-order chi connectivity index (χ1) is 28.6. The van der Waals surface area contributed by atoms with Crippen molar-refractivity contribution in [1.82, 2.24) is 19.9 Å². The summed E-state index contributed by atoms with van der Waals surface area (Å²) in [4.78, 5) is 43.3. The number of nitrogens with zero attached hydrogens (tertiary/aromatic N) is 4. The van der Waals surface area contributed by atoms with Crippen LogP contribution in [-0.4, -0.2) is 31.5 Å². The standard InChI is InChI=1S/2C26H20N2O/c2*29-25-21-5-1-3-7-23(21)26(17-19-9-13-27-14-10-19,18-20-11-15-28-16-12-20)24-8-4-2-6-22(24)25/h2*1-16H,17-18H2. The average Bonchev–Trinajstić information content (AvgIpc) is 3.29. The topological polar surface area (TPSA) is 85.7 Å². The Hall–Kier alpha value is -7.18. The number of carbonyl (C=O) groups excluding carboxylic acids is 2. The van der Waals surface area contributed by atoms with Gasteiger partial charge >= 0.3 is 0 Å². The summed E-state index contributed by atoms with van der Waals surface area (Å²) < 4.78 is 0. The van der Waals surface area contributed by atoms with Crippen molar-refractivity contribution in [1.29, 1.82) is 0 Å². The number of fused-ring (bicyclic) bond motifs is 4. The predicted octanol–water partition coefficient (Wildman–Crippen LogP) is 9.58. The largest absolute Gasteiger partial charge is 0.289 e. The Morgan fingerprint density at radius 3 is 0.724 bits per heavy atom. The van der Waals surface area contributed by atoms with Gasteiger partial charge in [0.2, 0.25) is 0 Å². The van der Waals surface area contributed by atoms with Crippen molar-refractivity contribution in [2.24, 2.45) is 0 Å². The summed E-state index contributed by atoms with van der Waals surface area (Å²) >= 11 is 0. The highest BCUT2D eigenvalue weighted by atomic mass is 16.1. The van der Waals surface area contributed by atoms with Crippen LogP contribution in [0.3, 0.4) is 0 Å². The summed E-state index contributed by atoms with van der Waals surface area (Å²) in [6, 6.07) is 48.8. The van der Waals surface area contributed by atoms with Gasteiger partial charge in [-0.05, 0) is 119 Å². The molecule has 0 fully saturated rings. The fraction of sp³-hybridized carbons (Fsp3) is 0.115. The Labute approximate surface area is 338 Å². The highest BCUT2D eigenvalue weighted by Crippen LogP contribution is 2.47. The molecule has 0 amide bonds. The maximum Gasteiger partial charge on any atom is 0.193 e. The molecule has 0 bridgehead atoms. The van der Waals surface area contributed by atoms with E-state index in [0.717, 1.165) is 70.2 Å². The first kappa shape index (κ1) is 36.5. The first-order valence-corrected chi connectivity index (χ1v) is 19.6. The number of hydrogen-bond acceptors (Lipinski definition) is 6. The van der Waals surface area contributed by atoms with Crippen molar-refractivity contribution in [3.8, 4) is 0 Å². The number of rotatable bonds is 8. The maximum absolute atomic E-state index is 13.3. The molecule has 0 N–H and O–H groups in total. The molecule has 10 rings (SSSR count). The summed E-state index contributed by atoms with van der Waals surface area (Å²) in [5.41, 5.74) is 11.7. The molecular formula is C52H40N4O2. The Morgan fingerprint density at radius 2 is 0.500 bits per heavy atom. The lowest BCUT2D eigenvalue weighted by atomic mass is 9.61. The van der Waals surface area contributed by atoms with Gasteiger partial charge in [0.1, 0.15) is 0 Å². The maximum atomic E-state index is 13.3. The van der Waals surface area contributed by atoms with Gasteiger partial charge < -0.3 is 0 Å². The number of pyridine rings is 4. The van der Waals surface area contributed by atoms with Crippen molar-refractivity contribution in [3.63, 3.8) is 0 Å². The minimum atomic E-state index is -0.343. The van der Waals surface area contributed by atoms with Crippen LogP contribution in [0.15, 0.2) is 195 Å². The molecule has 6 heteroatoms. The average molecular weight is 753 g/mol. The van der Waals surface area contributed by atoms with Crippen LogP contribution in [0.4, 0.5) is 0 Å². The van der Waals surface area contributed by atoms with E-state index in [2.05, 4.69) is 92.7 Å². The molecular weight excluding hydrogens is 713 g/mol. The van der Waals surface area contributed by atoms with Crippen molar-refractivity contribution in [2.75, 3.05) is 0 Å². The highest BCUT2D eigenvalue weighted by molar-refractivity contribution is 6.14. The molecule has 8 aromatic rings. The van der Waals surface area contributed by atoms with Crippen molar-refractivity contribution < 1.29 is 9.59 Å². The van der Waals surface area contributed by atoms with E-state index in [1.54, 1.807) is 0 Å². The van der Waals surface area contributed by atoms with Gasteiger partial charge in [-0.25, -0.2) is 0 Å². The molecule has 4 heterocycles. The van der Waals surface area contributed by atoms with Gasteiger partial charge in [0, 0.05) is 82.7 Å².